The van der Waals surface area contributed by atoms with Gasteiger partial charge >= 0.3 is 6.18 Å². The van der Waals surface area contributed by atoms with Gasteiger partial charge in [-0.2, -0.15) is 13.2 Å². The van der Waals surface area contributed by atoms with Crippen molar-refractivity contribution in [3.8, 4) is 0 Å². The Balaban J connectivity index is 2.57. The van der Waals surface area contributed by atoms with E-state index in [0.717, 1.165) is 16.7 Å². The molecule has 1 aromatic carbocycles. The maximum Gasteiger partial charge on any atom is 0.449 e. The van der Waals surface area contributed by atoms with Crippen LogP contribution in [0.5, 0.6) is 0 Å². The van der Waals surface area contributed by atoms with Gasteiger partial charge in [-0.05, 0) is 26.0 Å². The van der Waals surface area contributed by atoms with Crippen molar-refractivity contribution in [2.75, 3.05) is 0 Å². The Morgan fingerprint density at radius 1 is 1.18 bits per heavy atom. The smallest absolute Gasteiger partial charge is 0.282 e. The van der Waals surface area contributed by atoms with Gasteiger partial charge in [-0.1, -0.05) is 30.0 Å². The first kappa shape index (κ1) is 16.3. The van der Waals surface area contributed by atoms with Crippen LogP contribution in [0.3, 0.4) is 0 Å². The Hall–Kier alpha value is -2.09. The lowest BCUT2D eigenvalue weighted by molar-refractivity contribution is -0.0627. The lowest BCUT2D eigenvalue weighted by Gasteiger charge is -2.17. The molecule has 8 heteroatoms. The molecule has 0 saturated carbocycles. The van der Waals surface area contributed by atoms with Crippen LogP contribution in [0.4, 0.5) is 13.2 Å². The maximum absolute atomic E-state index is 12.8. The summed E-state index contributed by atoms with van der Waals surface area (Å²) in [6.07, 6.45) is -4.83. The molecule has 0 aliphatic carbocycles. The third kappa shape index (κ3) is 3.22. The summed E-state index contributed by atoms with van der Waals surface area (Å²) in [5, 5.41) is 15.4. The van der Waals surface area contributed by atoms with Gasteiger partial charge in [-0.25, -0.2) is 4.98 Å². The van der Waals surface area contributed by atoms with E-state index in [1.807, 2.05) is 6.07 Å². The van der Waals surface area contributed by atoms with Crippen molar-refractivity contribution in [3.05, 3.63) is 47.2 Å². The lowest BCUT2D eigenvalue weighted by Crippen LogP contribution is -2.39. The van der Waals surface area contributed by atoms with E-state index in [1.165, 1.54) is 6.92 Å². The van der Waals surface area contributed by atoms with Crippen molar-refractivity contribution >= 4 is 17.6 Å². The maximum atomic E-state index is 12.8. The second-order valence-corrected chi connectivity index (χ2v) is 5.60. The fraction of sp³-hybridized carbons (Fsp3) is 0.214. The van der Waals surface area contributed by atoms with Crippen LogP contribution in [0.1, 0.15) is 11.4 Å². The standard InChI is InChI=1S/C14H13F3N4S/c1-8-9(2)21(13(19)14(15,16)17)11(18)12(20-8)22-10-6-4-3-5-7-10/h3-7,18-19H,1-2H3. The number of alkyl halides is 3. The molecule has 0 aliphatic heterocycles. The highest BCUT2D eigenvalue weighted by atomic mass is 32.2. The third-order valence-electron chi connectivity index (χ3n) is 3.00. The van der Waals surface area contributed by atoms with E-state index < -0.39 is 17.5 Å². The van der Waals surface area contributed by atoms with Gasteiger partial charge in [0.25, 0.3) is 0 Å². The average Bonchev–Trinajstić information content (AvgIpc) is 2.45. The average molecular weight is 326 g/mol. The topological polar surface area (TPSA) is 65.5 Å². The first-order chi connectivity index (χ1) is 10.2. The quantitative estimate of drug-likeness (QED) is 0.655. The molecule has 1 aromatic heterocycles. The molecular formula is C14H13F3N4S. The second kappa shape index (κ2) is 5.96. The molecular weight excluding hydrogens is 313 g/mol. The summed E-state index contributed by atoms with van der Waals surface area (Å²) in [6.45, 7) is 2.97. The summed E-state index contributed by atoms with van der Waals surface area (Å²) in [4.78, 5) is 4.94. The van der Waals surface area contributed by atoms with E-state index in [1.54, 1.807) is 31.2 Å². The van der Waals surface area contributed by atoms with E-state index in [0.29, 0.717) is 10.3 Å². The van der Waals surface area contributed by atoms with E-state index in [2.05, 4.69) is 4.98 Å². The van der Waals surface area contributed by atoms with E-state index in [9.17, 15) is 13.2 Å². The molecule has 1 heterocycles. The molecule has 22 heavy (non-hydrogen) atoms. The number of nitrogens with one attached hydrogen (secondary N) is 2. The Labute approximate surface area is 129 Å². The largest absolute Gasteiger partial charge is 0.449 e. The van der Waals surface area contributed by atoms with Crippen LogP contribution < -0.4 is 5.49 Å². The summed E-state index contributed by atoms with van der Waals surface area (Å²) >= 11 is 1.10. The number of benzene rings is 1. The molecule has 2 rings (SSSR count). The zero-order valence-corrected chi connectivity index (χ0v) is 12.6. The lowest BCUT2D eigenvalue weighted by atomic mass is 10.3. The number of aryl methyl sites for hydroxylation is 1. The van der Waals surface area contributed by atoms with Gasteiger partial charge < -0.3 is 0 Å². The van der Waals surface area contributed by atoms with Crippen LogP contribution in [-0.4, -0.2) is 21.6 Å². The minimum Gasteiger partial charge on any atom is -0.282 e. The third-order valence-corrected chi connectivity index (χ3v) is 3.99. The molecule has 0 atom stereocenters. The number of halogens is 3. The fourth-order valence-electron chi connectivity index (χ4n) is 1.79. The monoisotopic (exact) mass is 326 g/mol. The Morgan fingerprint density at radius 3 is 2.32 bits per heavy atom. The van der Waals surface area contributed by atoms with Gasteiger partial charge in [0.2, 0.25) is 5.84 Å². The molecule has 2 aromatic rings. The summed E-state index contributed by atoms with van der Waals surface area (Å²) in [5.41, 5.74) is 0.0347. The van der Waals surface area contributed by atoms with Crippen molar-refractivity contribution < 1.29 is 13.2 Å². The molecule has 0 fully saturated rings. The van der Waals surface area contributed by atoms with Crippen LogP contribution in [-0.2, 0) is 0 Å². The van der Waals surface area contributed by atoms with Crippen molar-refractivity contribution in [3.63, 3.8) is 0 Å². The molecule has 0 radical (unpaired) electrons. The number of nitrogens with zero attached hydrogens (tertiary/aromatic N) is 2. The van der Waals surface area contributed by atoms with Crippen molar-refractivity contribution in [2.45, 2.75) is 29.9 Å². The minimum absolute atomic E-state index is 0.128. The molecule has 2 N–H and O–H groups in total. The van der Waals surface area contributed by atoms with Gasteiger partial charge in [-0.3, -0.25) is 15.4 Å². The fourth-order valence-corrected chi connectivity index (χ4v) is 2.68. The molecule has 0 unspecified atom stereocenters. The summed E-state index contributed by atoms with van der Waals surface area (Å²) in [6, 6.07) is 8.96. The van der Waals surface area contributed by atoms with Gasteiger partial charge in [0.05, 0.1) is 5.69 Å². The van der Waals surface area contributed by atoms with Gasteiger partial charge in [-0.15, -0.1) is 0 Å². The van der Waals surface area contributed by atoms with Gasteiger partial charge in [0.15, 0.2) is 5.49 Å². The molecule has 0 bridgehead atoms. The summed E-state index contributed by atoms with van der Waals surface area (Å²) in [7, 11) is 0. The minimum atomic E-state index is -4.83. The normalized spacial score (nSPS) is 11.5. The van der Waals surface area contributed by atoms with Crippen molar-refractivity contribution in [1.29, 1.82) is 10.8 Å². The van der Waals surface area contributed by atoms with Crippen LogP contribution in [0.15, 0.2) is 40.3 Å². The molecule has 0 saturated heterocycles. The van der Waals surface area contributed by atoms with Crippen molar-refractivity contribution in [1.82, 2.24) is 9.55 Å². The number of hydrogen-bond donors (Lipinski definition) is 2. The van der Waals surface area contributed by atoms with Gasteiger partial charge in [0, 0.05) is 10.6 Å². The molecule has 0 amide bonds. The van der Waals surface area contributed by atoms with E-state index >= 15 is 0 Å². The van der Waals surface area contributed by atoms with E-state index in [-0.39, 0.29) is 10.7 Å². The number of aromatic nitrogens is 2. The molecule has 0 spiro atoms. The highest BCUT2D eigenvalue weighted by Crippen LogP contribution is 2.25. The second-order valence-electron chi connectivity index (χ2n) is 4.53. The Kier molecular flexibility index (Phi) is 4.41. The Bertz CT molecular complexity index is 766. The summed E-state index contributed by atoms with van der Waals surface area (Å²) in [5.74, 6) is -1.59. The zero-order chi connectivity index (χ0) is 16.5. The van der Waals surface area contributed by atoms with Crippen LogP contribution >= 0.6 is 11.8 Å². The van der Waals surface area contributed by atoms with Crippen LogP contribution in [0.2, 0.25) is 0 Å². The number of hydrogen-bond acceptors (Lipinski definition) is 4. The van der Waals surface area contributed by atoms with E-state index in [4.69, 9.17) is 10.8 Å². The summed E-state index contributed by atoms with van der Waals surface area (Å²) < 4.78 is 39.1. The predicted octanol–water partition coefficient (Wildman–Crippen LogP) is 3.52. The predicted molar refractivity (Wildman–Crippen MR) is 77.3 cm³/mol. The van der Waals surface area contributed by atoms with Crippen molar-refractivity contribution in [2.24, 2.45) is 0 Å². The van der Waals surface area contributed by atoms with Crippen LogP contribution in [0.25, 0.3) is 0 Å². The highest BCUT2D eigenvalue weighted by Gasteiger charge is 2.37. The number of rotatable bonds is 2. The molecule has 4 nitrogen and oxygen atoms in total. The highest BCUT2D eigenvalue weighted by molar-refractivity contribution is 7.99. The first-order valence-corrected chi connectivity index (χ1v) is 7.07. The molecule has 0 aliphatic rings. The Morgan fingerprint density at radius 2 is 1.77 bits per heavy atom. The first-order valence-electron chi connectivity index (χ1n) is 6.25. The SMILES string of the molecule is Cc1nc(Sc2ccccc2)c(=N)n(C(=N)C(F)(F)F)c1C. The van der Waals surface area contributed by atoms with Crippen LogP contribution in [0, 0.1) is 24.7 Å². The zero-order valence-electron chi connectivity index (χ0n) is 11.8. The van der Waals surface area contributed by atoms with Gasteiger partial charge in [0.1, 0.15) is 5.03 Å². The molecule has 116 valence electrons.